The van der Waals surface area contributed by atoms with E-state index >= 15 is 0 Å². The molecule has 2 rings (SSSR count). The van der Waals surface area contributed by atoms with Crippen molar-refractivity contribution in [3.05, 3.63) is 70.3 Å². The minimum absolute atomic E-state index is 0.149. The first kappa shape index (κ1) is 24.7. The van der Waals surface area contributed by atoms with Crippen LogP contribution in [0.1, 0.15) is 38.3 Å². The fraction of sp³-hybridized carbons (Fsp3) is 0.360. The van der Waals surface area contributed by atoms with Gasteiger partial charge in [0.2, 0.25) is 0 Å². The van der Waals surface area contributed by atoms with E-state index in [1.165, 1.54) is 0 Å². The molecule has 0 radical (unpaired) electrons. The Hall–Kier alpha value is -2.60. The van der Waals surface area contributed by atoms with Gasteiger partial charge >= 0.3 is 6.09 Å². The van der Waals surface area contributed by atoms with E-state index < -0.39 is 0 Å². The number of hydrogen-bond acceptors (Lipinski definition) is 3. The summed E-state index contributed by atoms with van der Waals surface area (Å²) in [7, 11) is 0. The third-order valence-electron chi connectivity index (χ3n) is 5.31. The van der Waals surface area contributed by atoms with Crippen LogP contribution in [0.25, 0.3) is 0 Å². The number of anilines is 2. The van der Waals surface area contributed by atoms with Gasteiger partial charge in [-0.15, -0.1) is 0 Å². The molecule has 5 nitrogen and oxygen atoms in total. The molecule has 0 N–H and O–H groups in total. The summed E-state index contributed by atoms with van der Waals surface area (Å²) in [5, 5.41) is 0. The average Bonchev–Trinajstić information content (AvgIpc) is 2.70. The van der Waals surface area contributed by atoms with Gasteiger partial charge < -0.3 is 9.64 Å². The molecule has 0 aromatic heterocycles. The summed E-state index contributed by atoms with van der Waals surface area (Å²) < 4.78 is 6.04. The molecule has 1 aromatic rings. The topological polar surface area (TPSA) is 49.9 Å². The Bertz CT molecular complexity index is 962. The van der Waals surface area contributed by atoms with Crippen LogP contribution in [0.15, 0.2) is 59.1 Å². The number of amides is 2. The molecular formula is C25H31BrN2O3. The predicted octanol–water partition coefficient (Wildman–Crippen LogP) is 6.36. The summed E-state index contributed by atoms with van der Waals surface area (Å²) >= 11 is 3.28. The van der Waals surface area contributed by atoms with Crippen LogP contribution in [-0.2, 0) is 9.53 Å². The summed E-state index contributed by atoms with van der Waals surface area (Å²) in [5.74, 6) is -0.149. The Kier molecular flexibility index (Phi) is 8.45. The molecule has 166 valence electrons. The number of aryl methyl sites for hydroxylation is 2. The van der Waals surface area contributed by atoms with Crippen molar-refractivity contribution in [3.8, 4) is 0 Å². The second-order valence-electron chi connectivity index (χ2n) is 7.64. The number of carbonyl (C=O) groups excluding carboxylic acids is 2. The molecule has 0 saturated carbocycles. The summed E-state index contributed by atoms with van der Waals surface area (Å²) in [5.41, 5.74) is 4.67. The van der Waals surface area contributed by atoms with Gasteiger partial charge in [-0.2, -0.15) is 0 Å². The van der Waals surface area contributed by atoms with Crippen molar-refractivity contribution in [3.63, 3.8) is 0 Å². The lowest BCUT2D eigenvalue weighted by Gasteiger charge is -2.42. The monoisotopic (exact) mass is 486 g/mol. The van der Waals surface area contributed by atoms with Crippen molar-refractivity contribution in [2.24, 2.45) is 0 Å². The van der Waals surface area contributed by atoms with Crippen molar-refractivity contribution in [1.29, 1.82) is 0 Å². The molecule has 1 unspecified atom stereocenters. The molecule has 1 aliphatic heterocycles. The number of halogens is 1. The Morgan fingerprint density at radius 2 is 1.81 bits per heavy atom. The molecule has 0 spiro atoms. The van der Waals surface area contributed by atoms with E-state index in [0.717, 1.165) is 11.1 Å². The zero-order valence-corrected chi connectivity index (χ0v) is 20.6. The highest BCUT2D eigenvalue weighted by atomic mass is 79.9. The lowest BCUT2D eigenvalue weighted by atomic mass is 9.98. The summed E-state index contributed by atoms with van der Waals surface area (Å²) in [6.45, 7) is 18.0. The number of rotatable bonds is 6. The highest BCUT2D eigenvalue weighted by Gasteiger charge is 2.38. The van der Waals surface area contributed by atoms with Gasteiger partial charge in [-0.1, -0.05) is 42.1 Å². The summed E-state index contributed by atoms with van der Waals surface area (Å²) in [6, 6.07) is 3.73. The maximum Gasteiger partial charge on any atom is 0.414 e. The molecule has 6 heteroatoms. The number of hydrogen-bond donors (Lipinski definition) is 0. The van der Waals surface area contributed by atoms with Crippen LogP contribution < -0.4 is 9.80 Å². The third-order valence-corrected chi connectivity index (χ3v) is 5.58. The SMILES string of the molecule is C=C(Br)/C=C\C=C(/C(=C)C)C(=O)N1CC(CC)N(C(=O)OCC)c2cc(C)c(C)cc21. The first-order valence-corrected chi connectivity index (χ1v) is 11.2. The second kappa shape index (κ2) is 10.6. The van der Waals surface area contributed by atoms with E-state index in [1.54, 1.807) is 35.0 Å². The maximum atomic E-state index is 13.6. The largest absolute Gasteiger partial charge is 0.449 e. The van der Waals surface area contributed by atoms with Crippen LogP contribution in [0.2, 0.25) is 0 Å². The van der Waals surface area contributed by atoms with Gasteiger partial charge in [-0.05, 0) is 75.1 Å². The van der Waals surface area contributed by atoms with Crippen molar-refractivity contribution in [1.82, 2.24) is 0 Å². The van der Waals surface area contributed by atoms with E-state index in [4.69, 9.17) is 4.74 Å². The molecule has 1 aromatic carbocycles. The Balaban J connectivity index is 2.62. The highest BCUT2D eigenvalue weighted by Crippen LogP contribution is 2.40. The van der Waals surface area contributed by atoms with Gasteiger partial charge in [0.05, 0.1) is 24.0 Å². The van der Waals surface area contributed by atoms with Gasteiger partial charge in [-0.25, -0.2) is 4.79 Å². The van der Waals surface area contributed by atoms with E-state index in [9.17, 15) is 9.59 Å². The van der Waals surface area contributed by atoms with Gasteiger partial charge in [0.1, 0.15) is 0 Å². The molecule has 1 atom stereocenters. The number of ether oxygens (including phenoxy) is 1. The van der Waals surface area contributed by atoms with Crippen LogP contribution in [-0.4, -0.2) is 31.2 Å². The van der Waals surface area contributed by atoms with Gasteiger partial charge in [0, 0.05) is 16.6 Å². The van der Waals surface area contributed by atoms with Gasteiger partial charge in [-0.3, -0.25) is 9.69 Å². The van der Waals surface area contributed by atoms with Crippen LogP contribution >= 0.6 is 15.9 Å². The fourth-order valence-corrected chi connectivity index (χ4v) is 3.67. The first-order chi connectivity index (χ1) is 14.6. The molecule has 0 fully saturated rings. The highest BCUT2D eigenvalue weighted by molar-refractivity contribution is 9.11. The maximum absolute atomic E-state index is 13.6. The van der Waals surface area contributed by atoms with Crippen LogP contribution in [0.5, 0.6) is 0 Å². The number of benzene rings is 1. The molecule has 2 amide bonds. The van der Waals surface area contributed by atoms with Crippen molar-refractivity contribution < 1.29 is 14.3 Å². The molecule has 1 aliphatic rings. The average molecular weight is 487 g/mol. The van der Waals surface area contributed by atoms with Gasteiger partial charge in [0.15, 0.2) is 0 Å². The Morgan fingerprint density at radius 3 is 2.32 bits per heavy atom. The smallest absolute Gasteiger partial charge is 0.414 e. The number of carbonyl (C=O) groups is 2. The van der Waals surface area contributed by atoms with Gasteiger partial charge in [0.25, 0.3) is 5.91 Å². The second-order valence-corrected chi connectivity index (χ2v) is 8.66. The third kappa shape index (κ3) is 5.56. The van der Waals surface area contributed by atoms with Crippen molar-refractivity contribution >= 4 is 39.3 Å². The van der Waals surface area contributed by atoms with Crippen molar-refractivity contribution in [2.45, 2.75) is 47.1 Å². The van der Waals surface area contributed by atoms with E-state index in [0.29, 0.717) is 46.6 Å². The molecule has 31 heavy (non-hydrogen) atoms. The standard InChI is InChI=1S/C25H31BrN2O3/c1-8-20-15-27(24(29)21(16(3)4)12-10-11-19(7)26)22-13-17(5)18(6)14-23(22)28(20)25(30)31-9-2/h10-14,20H,3,7-9,15H2,1-2,4-6H3/b11-10-,21-12+. The molecule has 0 saturated heterocycles. The molecular weight excluding hydrogens is 456 g/mol. The molecule has 0 bridgehead atoms. The quantitative estimate of drug-likeness (QED) is 0.347. The van der Waals surface area contributed by atoms with E-state index in [1.807, 2.05) is 39.8 Å². The number of allylic oxidation sites excluding steroid dienone is 4. The number of nitrogens with zero attached hydrogens (tertiary/aromatic N) is 2. The minimum atomic E-state index is -0.389. The van der Waals surface area contributed by atoms with Crippen molar-refractivity contribution in [2.75, 3.05) is 23.0 Å². The predicted molar refractivity (Wildman–Crippen MR) is 132 cm³/mol. The van der Waals surface area contributed by atoms with E-state index in [2.05, 4.69) is 29.1 Å². The zero-order chi connectivity index (χ0) is 23.3. The molecule has 1 heterocycles. The lowest BCUT2D eigenvalue weighted by Crippen LogP contribution is -2.53. The minimum Gasteiger partial charge on any atom is -0.449 e. The first-order valence-electron chi connectivity index (χ1n) is 10.4. The fourth-order valence-electron chi connectivity index (χ4n) is 3.52. The normalized spacial score (nSPS) is 16.3. The number of fused-ring (bicyclic) bond motifs is 1. The Labute approximate surface area is 193 Å². The lowest BCUT2D eigenvalue weighted by molar-refractivity contribution is -0.115. The van der Waals surface area contributed by atoms with Crippen LogP contribution in [0, 0.1) is 13.8 Å². The zero-order valence-electron chi connectivity index (χ0n) is 19.0. The summed E-state index contributed by atoms with van der Waals surface area (Å²) in [4.78, 5) is 29.9. The Morgan fingerprint density at radius 1 is 1.19 bits per heavy atom. The summed E-state index contributed by atoms with van der Waals surface area (Å²) in [6.07, 6.45) is 5.58. The van der Waals surface area contributed by atoms with Crippen LogP contribution in [0.3, 0.4) is 0 Å². The van der Waals surface area contributed by atoms with Crippen LogP contribution in [0.4, 0.5) is 16.2 Å². The van der Waals surface area contributed by atoms with E-state index in [-0.39, 0.29) is 18.0 Å². The molecule has 0 aliphatic carbocycles.